The molecule has 0 aliphatic carbocycles. The first-order chi connectivity index (χ1) is 22.8. The second kappa shape index (κ2) is 23.6. The summed E-state index contributed by atoms with van der Waals surface area (Å²) in [5.74, 6) is 0. The molecule has 0 bridgehead atoms. The van der Waals surface area contributed by atoms with Crippen molar-refractivity contribution in [1.29, 1.82) is 0 Å². The summed E-state index contributed by atoms with van der Waals surface area (Å²) in [7, 11) is -8.54. The van der Waals surface area contributed by atoms with Gasteiger partial charge in [-0.25, -0.2) is 26.0 Å². The van der Waals surface area contributed by atoms with Gasteiger partial charge in [-0.1, -0.05) is 84.0 Å². The summed E-state index contributed by atoms with van der Waals surface area (Å²) in [6, 6.07) is 28.7. The Morgan fingerprint density at radius 3 is 0.885 bits per heavy atom. The van der Waals surface area contributed by atoms with E-state index < -0.39 is 20.2 Å². The molecule has 3 aromatic carbocycles. The zero-order chi connectivity index (χ0) is 35.2. The van der Waals surface area contributed by atoms with E-state index in [-0.39, 0.29) is 31.7 Å². The summed E-state index contributed by atoms with van der Waals surface area (Å²) in [5, 5.41) is 0. The lowest BCUT2D eigenvalue weighted by Crippen LogP contribution is -2.30. The largest absolute Gasteiger partial charge is 0.744 e. The van der Waals surface area contributed by atoms with Gasteiger partial charge in [0.15, 0.2) is 24.8 Å². The minimum Gasteiger partial charge on any atom is -0.744 e. The molecule has 0 saturated heterocycles. The van der Waals surface area contributed by atoms with Gasteiger partial charge >= 0.3 is 0 Å². The summed E-state index contributed by atoms with van der Waals surface area (Å²) in [4.78, 5) is -0.355. The topological polar surface area (TPSA) is 248 Å². The average molecular weight is 757 g/mol. The second-order valence-corrected chi connectivity index (χ2v) is 13.6. The molecule has 282 valence electrons. The van der Waals surface area contributed by atoms with Crippen molar-refractivity contribution in [2.45, 2.75) is 50.6 Å². The van der Waals surface area contributed by atoms with Crippen LogP contribution in [0.2, 0.25) is 0 Å². The van der Waals surface area contributed by atoms with E-state index >= 15 is 0 Å². The molecule has 0 saturated carbocycles. The molecule has 0 aliphatic rings. The average Bonchev–Trinajstić information content (AvgIpc) is 3.07. The van der Waals surface area contributed by atoms with Gasteiger partial charge in [0.25, 0.3) is 0 Å². The molecule has 5 rings (SSSR count). The van der Waals surface area contributed by atoms with Crippen LogP contribution in [0, 0.1) is 13.8 Å². The van der Waals surface area contributed by atoms with Gasteiger partial charge in [0.1, 0.15) is 33.3 Å². The lowest BCUT2D eigenvalue weighted by molar-refractivity contribution is -0.693. The van der Waals surface area contributed by atoms with Crippen LogP contribution < -0.4 is 9.13 Å². The lowest BCUT2D eigenvalue weighted by atomic mass is 10.1. The molecule has 0 spiro atoms. The van der Waals surface area contributed by atoms with E-state index in [9.17, 15) is 25.9 Å². The van der Waals surface area contributed by atoms with Crippen LogP contribution in [0.25, 0.3) is 24.3 Å². The van der Waals surface area contributed by atoms with Crippen molar-refractivity contribution >= 4 is 44.5 Å². The molecule has 5 aromatic rings. The molecule has 0 amide bonds. The Bertz CT molecular complexity index is 1860. The molecule has 2 heterocycles. The monoisotopic (exact) mass is 756 g/mol. The van der Waals surface area contributed by atoms with Crippen LogP contribution in [-0.2, 0) is 33.3 Å². The van der Waals surface area contributed by atoms with Crippen molar-refractivity contribution in [1.82, 2.24) is 0 Å². The van der Waals surface area contributed by atoms with Gasteiger partial charge in [0.05, 0.1) is 9.79 Å². The number of aromatic nitrogens is 2. The highest BCUT2D eigenvalue weighted by Crippen LogP contribution is 2.12. The maximum atomic E-state index is 10.4. The SMILES string of the molecule is CC[n+]1ccc(/C=C/c2ccc(/C=C/c3cc[n+](CC)cc3)cc2)cc1.Cc1ccc(S(=O)(=O)[O-])cc1.Cc1ccc(S(=O)(=O)[O-])cc1.O.O.O.O. The minimum absolute atomic E-state index is 0. The van der Waals surface area contributed by atoms with Crippen LogP contribution in [0.3, 0.4) is 0 Å². The highest BCUT2D eigenvalue weighted by atomic mass is 32.2. The molecule has 14 heteroatoms. The zero-order valence-corrected chi connectivity index (χ0v) is 31.1. The van der Waals surface area contributed by atoms with Crippen molar-refractivity contribution < 1.29 is 57.0 Å². The highest BCUT2D eigenvalue weighted by molar-refractivity contribution is 7.86. The Kier molecular flexibility index (Phi) is 22.3. The van der Waals surface area contributed by atoms with E-state index in [0.717, 1.165) is 24.2 Å². The van der Waals surface area contributed by atoms with Gasteiger partial charge in [0.2, 0.25) is 0 Å². The molecule has 2 aromatic heterocycles. The summed E-state index contributed by atoms with van der Waals surface area (Å²) in [6.45, 7) is 9.93. The molecule has 0 unspecified atom stereocenters. The maximum absolute atomic E-state index is 10.4. The predicted molar refractivity (Wildman–Crippen MR) is 202 cm³/mol. The van der Waals surface area contributed by atoms with E-state index in [1.807, 2.05) is 13.8 Å². The standard InChI is InChI=1S/C24H26N2.2C7H8O3S.4H2O/c1-3-25-17-13-23(14-18-25)11-9-21-5-7-22(8-6-21)10-12-24-15-19-26(4-2)20-16-24;2*1-6-2-4-7(5-3-6)11(8,9)10;;;;/h5-20H,3-4H2,1-2H3;2*2-5H,1H3,(H,8,9,10);4*1H2/q+2;;;;;;/p-2/b11-9+,12-10+;;;;;;. The molecular weight excluding hydrogens is 709 g/mol. The third-order valence-corrected chi connectivity index (χ3v) is 8.76. The molecule has 12 nitrogen and oxygen atoms in total. The first-order valence-corrected chi connectivity index (χ1v) is 18.1. The van der Waals surface area contributed by atoms with E-state index in [1.165, 1.54) is 46.5 Å². The molecule has 0 radical (unpaired) electrons. The number of hydrogen-bond acceptors (Lipinski definition) is 6. The zero-order valence-electron chi connectivity index (χ0n) is 29.4. The van der Waals surface area contributed by atoms with Crippen molar-refractivity contribution in [3.63, 3.8) is 0 Å². The van der Waals surface area contributed by atoms with E-state index in [2.05, 4.69) is 121 Å². The Morgan fingerprint density at radius 2 is 0.673 bits per heavy atom. The van der Waals surface area contributed by atoms with Crippen LogP contribution in [0.5, 0.6) is 0 Å². The number of aryl methyl sites for hydroxylation is 4. The third-order valence-electron chi connectivity index (χ3n) is 7.06. The molecular formula is C38H48N2O10S2. The summed E-state index contributed by atoms with van der Waals surface area (Å²) < 4.78 is 66.7. The van der Waals surface area contributed by atoms with E-state index in [0.29, 0.717) is 0 Å². The minimum atomic E-state index is -4.27. The normalized spacial score (nSPS) is 10.6. The lowest BCUT2D eigenvalue weighted by Gasteiger charge is -2.05. The van der Waals surface area contributed by atoms with Crippen LogP contribution in [0.1, 0.15) is 47.2 Å². The second-order valence-electron chi connectivity index (χ2n) is 10.8. The molecule has 0 atom stereocenters. The van der Waals surface area contributed by atoms with E-state index in [4.69, 9.17) is 0 Å². The summed E-state index contributed by atoms with van der Waals surface area (Å²) >= 11 is 0. The van der Waals surface area contributed by atoms with Crippen LogP contribution in [0.15, 0.2) is 132 Å². The Morgan fingerprint density at radius 1 is 0.442 bits per heavy atom. The number of pyridine rings is 2. The molecule has 0 aliphatic heterocycles. The van der Waals surface area contributed by atoms with Crippen molar-refractivity contribution in [2.75, 3.05) is 0 Å². The van der Waals surface area contributed by atoms with Gasteiger partial charge in [-0.15, -0.1) is 0 Å². The number of nitrogens with zero attached hydrogens (tertiary/aromatic N) is 2. The Balaban J connectivity index is 0. The van der Waals surface area contributed by atoms with Crippen LogP contribution >= 0.6 is 0 Å². The fraction of sp³-hybridized carbons (Fsp3) is 0.158. The fourth-order valence-electron chi connectivity index (χ4n) is 4.09. The fourth-order valence-corrected chi connectivity index (χ4v) is 5.03. The molecule has 0 fully saturated rings. The van der Waals surface area contributed by atoms with Crippen molar-refractivity contribution in [3.8, 4) is 0 Å². The van der Waals surface area contributed by atoms with Crippen molar-refractivity contribution in [2.24, 2.45) is 0 Å². The van der Waals surface area contributed by atoms with Gasteiger partial charge in [-0.2, -0.15) is 0 Å². The molecule has 52 heavy (non-hydrogen) atoms. The maximum Gasteiger partial charge on any atom is 0.169 e. The first kappa shape index (κ1) is 49.2. The summed E-state index contributed by atoms with van der Waals surface area (Å²) in [5.41, 5.74) is 6.70. The first-order valence-electron chi connectivity index (χ1n) is 15.3. The Labute approximate surface area is 306 Å². The van der Waals surface area contributed by atoms with Crippen LogP contribution in [0.4, 0.5) is 0 Å². The van der Waals surface area contributed by atoms with Gasteiger partial charge in [0, 0.05) is 24.3 Å². The number of hydrogen-bond donors (Lipinski definition) is 0. The van der Waals surface area contributed by atoms with Gasteiger partial charge in [-0.3, -0.25) is 0 Å². The van der Waals surface area contributed by atoms with Crippen molar-refractivity contribution in [3.05, 3.63) is 155 Å². The smallest absolute Gasteiger partial charge is 0.169 e. The summed E-state index contributed by atoms with van der Waals surface area (Å²) in [6.07, 6.45) is 17.0. The number of benzene rings is 3. The van der Waals surface area contributed by atoms with Crippen LogP contribution in [-0.4, -0.2) is 47.8 Å². The quantitative estimate of drug-likeness (QED) is 0.170. The van der Waals surface area contributed by atoms with Gasteiger partial charge < -0.3 is 31.0 Å². The Hall–Kier alpha value is -4.90. The third kappa shape index (κ3) is 17.4. The highest BCUT2D eigenvalue weighted by Gasteiger charge is 1.99. The van der Waals surface area contributed by atoms with Gasteiger partial charge in [-0.05, 0) is 74.2 Å². The van der Waals surface area contributed by atoms with E-state index in [1.54, 1.807) is 24.3 Å². The number of rotatable bonds is 8. The predicted octanol–water partition coefficient (Wildman–Crippen LogP) is 3.14. The molecule has 8 N–H and O–H groups in total.